The van der Waals surface area contributed by atoms with E-state index in [9.17, 15) is 36.4 Å². The van der Waals surface area contributed by atoms with Gasteiger partial charge in [-0.05, 0) is 62.2 Å². The van der Waals surface area contributed by atoms with Gasteiger partial charge >= 0.3 is 18.2 Å². The van der Waals surface area contributed by atoms with Crippen molar-refractivity contribution in [2.24, 2.45) is 5.28 Å². The highest BCUT2D eigenvalue weighted by Gasteiger charge is 2.36. The van der Waals surface area contributed by atoms with Crippen LogP contribution in [-0.4, -0.2) is 65.7 Å². The summed E-state index contributed by atoms with van der Waals surface area (Å²) in [6.07, 6.45) is -6.31. The van der Waals surface area contributed by atoms with E-state index in [1.54, 1.807) is 59.3 Å². The summed E-state index contributed by atoms with van der Waals surface area (Å²) < 4.78 is 79.4. The summed E-state index contributed by atoms with van der Waals surface area (Å²) >= 11 is 0. The second-order valence-electron chi connectivity index (χ2n) is 11.1. The number of sulfonamides is 1. The Morgan fingerprint density at radius 3 is 2.42 bits per heavy atom. The van der Waals surface area contributed by atoms with Gasteiger partial charge in [0.1, 0.15) is 12.6 Å². The highest BCUT2D eigenvalue weighted by atomic mass is 32.2. The minimum Gasteiger partial charge on any atom is -0.569 e. The Balaban J connectivity index is 1.18. The molecule has 1 amide bonds. The van der Waals surface area contributed by atoms with E-state index in [4.69, 9.17) is 14.3 Å². The second kappa shape index (κ2) is 14.9. The number of rotatable bonds is 11. The van der Waals surface area contributed by atoms with Crippen LogP contribution in [0.2, 0.25) is 0 Å². The molecule has 4 aromatic rings. The van der Waals surface area contributed by atoms with Crippen molar-refractivity contribution in [3.8, 4) is 16.9 Å². The van der Waals surface area contributed by atoms with Crippen LogP contribution < -0.4 is 4.72 Å². The summed E-state index contributed by atoms with van der Waals surface area (Å²) in [4.78, 5) is 29.4. The van der Waals surface area contributed by atoms with Crippen LogP contribution in [-0.2, 0) is 30.5 Å². The van der Waals surface area contributed by atoms with Gasteiger partial charge in [0.15, 0.2) is 5.69 Å². The molecular weight excluding hydrogens is 685 g/mol. The molecule has 1 unspecified atom stereocenters. The van der Waals surface area contributed by atoms with Gasteiger partial charge in [0.05, 0.1) is 33.4 Å². The highest BCUT2D eigenvalue weighted by Crippen LogP contribution is 2.33. The molecule has 0 saturated carbocycles. The number of aromatic nitrogens is 2. The van der Waals surface area contributed by atoms with E-state index in [1.165, 1.54) is 24.1 Å². The molecule has 5 rings (SSSR count). The van der Waals surface area contributed by atoms with Gasteiger partial charge in [-0.1, -0.05) is 48.0 Å². The van der Waals surface area contributed by atoms with Gasteiger partial charge in [-0.3, -0.25) is 4.84 Å². The number of aryl methyl sites for hydroxylation is 1. The summed E-state index contributed by atoms with van der Waals surface area (Å²) in [5.74, 6) is -0.681. The van der Waals surface area contributed by atoms with Crippen LogP contribution in [0.4, 0.5) is 18.0 Å². The number of halogens is 3. The second-order valence-corrected chi connectivity index (χ2v) is 12.8. The Morgan fingerprint density at radius 2 is 1.76 bits per heavy atom. The molecule has 1 N–H and O–H groups in total. The van der Waals surface area contributed by atoms with Crippen molar-refractivity contribution in [1.82, 2.24) is 19.5 Å². The van der Waals surface area contributed by atoms with Crippen molar-refractivity contribution in [3.63, 3.8) is 0 Å². The Hall–Kier alpha value is -5.65. The number of carbonyl (C=O) groups is 2. The first kappa shape index (κ1) is 35.7. The van der Waals surface area contributed by atoms with Crippen LogP contribution in [0, 0.1) is 12.1 Å². The van der Waals surface area contributed by atoms with Crippen LogP contribution in [0.25, 0.3) is 16.9 Å². The fourth-order valence-corrected chi connectivity index (χ4v) is 5.86. The molecule has 1 saturated heterocycles. The van der Waals surface area contributed by atoms with Gasteiger partial charge in [0.2, 0.25) is 5.28 Å². The van der Waals surface area contributed by atoms with Crippen molar-refractivity contribution < 1.29 is 50.5 Å². The minimum atomic E-state index is -4.72. The standard InChI is InChI=1S/C32H31F3N6O8S/c1-21-10-12-23(13-11-21)28-19-29(32(33,34)35)36-40(28)25-14-16-27(17-15-25)50(45,46)37-31(43)47-20-26-9-6-18-39(26)41(44)38-49-22(2)48-30(42)24-7-4-3-5-8-24/h3-5,7-8,10-17,19,22,26H,6,9,18,20H2,1-2H3,(H,37,43)/b41-38+/t22?,26-/m0/s1. The normalized spacial score (nSPS) is 15.7. The van der Waals surface area contributed by atoms with Crippen molar-refractivity contribution in [2.45, 2.75) is 50.1 Å². The van der Waals surface area contributed by atoms with Crippen molar-refractivity contribution >= 4 is 22.1 Å². The zero-order valence-corrected chi connectivity index (χ0v) is 27.4. The van der Waals surface area contributed by atoms with E-state index in [0.29, 0.717) is 18.4 Å². The maximum atomic E-state index is 13.5. The van der Waals surface area contributed by atoms with Gasteiger partial charge in [-0.15, -0.1) is 5.01 Å². The van der Waals surface area contributed by atoms with Gasteiger partial charge in [0.25, 0.3) is 16.3 Å². The highest BCUT2D eigenvalue weighted by molar-refractivity contribution is 7.90. The predicted molar refractivity (Wildman–Crippen MR) is 169 cm³/mol. The number of nitrogens with zero attached hydrogens (tertiary/aromatic N) is 5. The Morgan fingerprint density at radius 1 is 1.08 bits per heavy atom. The van der Waals surface area contributed by atoms with Gasteiger partial charge < -0.3 is 14.7 Å². The van der Waals surface area contributed by atoms with Crippen molar-refractivity contribution in [3.05, 3.63) is 107 Å². The zero-order chi connectivity index (χ0) is 36.1. The molecular formula is C32H31F3N6O8S. The molecule has 50 heavy (non-hydrogen) atoms. The lowest BCUT2D eigenvalue weighted by molar-refractivity contribution is -0.716. The quantitative estimate of drug-likeness (QED) is 0.0663. The SMILES string of the molecule is Cc1ccc(-c2cc(C(F)(F)F)nn2-c2ccc(S(=O)(=O)NC(=O)OC[C@@H]3CCCN3/[N+]([O-])=N\OC(C)OC(=O)c3ccccc3)cc2)cc1. The molecule has 264 valence electrons. The average Bonchev–Trinajstić information content (AvgIpc) is 3.75. The lowest BCUT2D eigenvalue weighted by Gasteiger charge is -2.20. The van der Waals surface area contributed by atoms with E-state index < -0.39 is 46.3 Å². The maximum Gasteiger partial charge on any atom is 0.435 e. The topological polar surface area (TPSA) is 167 Å². The molecule has 2 atom stereocenters. The van der Waals surface area contributed by atoms with Gasteiger partial charge in [-0.25, -0.2) is 27.4 Å². The molecule has 1 aliphatic rings. The lowest BCUT2D eigenvalue weighted by Crippen LogP contribution is -2.40. The molecule has 1 fully saturated rings. The number of hydrogen-bond donors (Lipinski definition) is 1. The fraction of sp³-hybridized carbons (Fsp3) is 0.281. The Bertz CT molecular complexity index is 1950. The molecule has 3 aromatic carbocycles. The smallest absolute Gasteiger partial charge is 0.435 e. The maximum absolute atomic E-state index is 13.5. The third kappa shape index (κ3) is 8.68. The molecule has 0 radical (unpaired) electrons. The molecule has 0 aliphatic carbocycles. The summed E-state index contributed by atoms with van der Waals surface area (Å²) in [5.41, 5.74) is 0.781. The molecule has 0 bridgehead atoms. The van der Waals surface area contributed by atoms with Crippen LogP contribution in [0.3, 0.4) is 0 Å². The number of ether oxygens (including phenoxy) is 2. The number of carbonyl (C=O) groups excluding carboxylic acids is 2. The average molecular weight is 717 g/mol. The van der Waals surface area contributed by atoms with Crippen LogP contribution in [0.5, 0.6) is 0 Å². The number of esters is 1. The fourth-order valence-electron chi connectivity index (χ4n) is 4.97. The molecule has 14 nitrogen and oxygen atoms in total. The molecule has 18 heteroatoms. The number of amides is 1. The summed E-state index contributed by atoms with van der Waals surface area (Å²) in [6.45, 7) is 3.04. The van der Waals surface area contributed by atoms with E-state index >= 15 is 0 Å². The van der Waals surface area contributed by atoms with E-state index in [1.807, 2.05) is 6.92 Å². The number of hydrogen-bond acceptors (Lipinski definition) is 10. The zero-order valence-electron chi connectivity index (χ0n) is 26.6. The summed E-state index contributed by atoms with van der Waals surface area (Å²) in [7, 11) is -4.47. The largest absolute Gasteiger partial charge is 0.569 e. The number of nitrogens with one attached hydrogen (secondary N) is 1. The number of benzene rings is 3. The Labute approximate surface area is 284 Å². The minimum absolute atomic E-state index is 0.131. The van der Waals surface area contributed by atoms with Gasteiger partial charge in [0, 0.05) is 12.5 Å². The van der Waals surface area contributed by atoms with Crippen LogP contribution in [0.1, 0.15) is 41.4 Å². The lowest BCUT2D eigenvalue weighted by atomic mass is 10.1. The first-order valence-corrected chi connectivity index (χ1v) is 16.6. The van der Waals surface area contributed by atoms with Crippen molar-refractivity contribution in [2.75, 3.05) is 13.2 Å². The van der Waals surface area contributed by atoms with Crippen LogP contribution >= 0.6 is 0 Å². The third-order valence-electron chi connectivity index (χ3n) is 7.48. The van der Waals surface area contributed by atoms with E-state index in [0.717, 1.165) is 28.4 Å². The predicted octanol–water partition coefficient (Wildman–Crippen LogP) is 5.76. The third-order valence-corrected chi connectivity index (χ3v) is 8.81. The number of hydrazine groups is 1. The number of alkyl halides is 3. The molecule has 1 aromatic heterocycles. The van der Waals surface area contributed by atoms with Crippen LogP contribution in [0.15, 0.2) is 95.1 Å². The van der Waals surface area contributed by atoms with Gasteiger partial charge in [-0.2, -0.15) is 18.3 Å². The molecule has 2 heterocycles. The van der Waals surface area contributed by atoms with E-state index in [-0.39, 0.29) is 40.0 Å². The summed E-state index contributed by atoms with van der Waals surface area (Å²) in [5, 5.41) is 20.9. The van der Waals surface area contributed by atoms with E-state index in [2.05, 4.69) is 10.4 Å². The monoisotopic (exact) mass is 716 g/mol. The Kier molecular flexibility index (Phi) is 10.6. The molecule has 0 spiro atoms. The molecule has 1 aliphatic heterocycles. The summed E-state index contributed by atoms with van der Waals surface area (Å²) in [6, 6.07) is 19.8. The first-order chi connectivity index (χ1) is 23.7. The first-order valence-electron chi connectivity index (χ1n) is 15.1. The van der Waals surface area contributed by atoms with Crippen molar-refractivity contribution in [1.29, 1.82) is 0 Å².